The maximum Gasteiger partial charge on any atom is 0.491 e. The highest BCUT2D eigenvalue weighted by Gasteiger charge is 2.37. The molecule has 8 aromatic carbocycles. The molecule has 0 aromatic heterocycles. The van der Waals surface area contributed by atoms with Gasteiger partial charge in [0.15, 0.2) is 39.3 Å². The molecule has 8 aromatic rings. The second-order valence-electron chi connectivity index (χ2n) is 29.9. The van der Waals surface area contributed by atoms with Crippen LogP contribution in [0.4, 0.5) is 11.4 Å². The normalized spacial score (nSPS) is 18.0. The number of sulfone groups is 4. The van der Waals surface area contributed by atoms with Crippen LogP contribution < -0.4 is 33.3 Å². The van der Waals surface area contributed by atoms with Gasteiger partial charge in [-0.2, -0.15) is 0 Å². The molecule has 8 N–H and O–H groups in total. The minimum atomic E-state index is -3.79. The number of carbonyl (C=O) groups excluding carboxylic acids is 6. The van der Waals surface area contributed by atoms with Crippen LogP contribution in [0.3, 0.4) is 0 Å². The Morgan fingerprint density at radius 3 is 1.05 bits per heavy atom. The van der Waals surface area contributed by atoms with Crippen LogP contribution in [0, 0.1) is 11.8 Å². The molecule has 8 heterocycles. The fourth-order valence-corrected chi connectivity index (χ4v) is 21.3. The molecule has 0 spiro atoms. The van der Waals surface area contributed by atoms with Crippen LogP contribution in [-0.2, 0) is 181 Å². The molecule has 2 unspecified atom stereocenters. The molecule has 4 fully saturated rings. The van der Waals surface area contributed by atoms with E-state index in [0.29, 0.717) is 159 Å². The molecule has 36 heteroatoms. The minimum Gasteiger partial charge on any atom is -0.465 e. The van der Waals surface area contributed by atoms with E-state index in [-0.39, 0.29) is 118 Å². The van der Waals surface area contributed by atoms with Crippen molar-refractivity contribution >= 4 is 149 Å². The number of nitrogen functional groups attached to an aromatic ring is 2. The van der Waals surface area contributed by atoms with Crippen LogP contribution in [0.5, 0.6) is 0 Å². The van der Waals surface area contributed by atoms with Gasteiger partial charge in [-0.1, -0.05) is 91.0 Å². The molecule has 8 aliphatic heterocycles. The van der Waals surface area contributed by atoms with E-state index in [2.05, 4.69) is 0 Å². The van der Waals surface area contributed by atoms with E-state index in [4.69, 9.17) is 49.0 Å². The van der Waals surface area contributed by atoms with E-state index in [1.165, 1.54) is 62.4 Å². The number of benzene rings is 8. The molecule has 612 valence electrons. The number of ether oxygens (including phenoxy) is 4. The maximum atomic E-state index is 13.3. The van der Waals surface area contributed by atoms with E-state index in [1.54, 1.807) is 109 Å². The Kier molecular flexibility index (Phi) is 26.3. The highest BCUT2D eigenvalue weighted by Crippen LogP contribution is 2.34. The fraction of sp³-hybridized carbons (Fsp3) is 0.293. The van der Waals surface area contributed by atoms with Crippen LogP contribution in [0.25, 0.3) is 12.2 Å². The summed E-state index contributed by atoms with van der Waals surface area (Å²) in [5.41, 5.74) is 24.3. The Balaban J connectivity index is 0.000000137. The van der Waals surface area contributed by atoms with Gasteiger partial charge in [0.25, 0.3) is 0 Å². The zero-order chi connectivity index (χ0) is 84.1. The first-order valence-corrected chi connectivity index (χ1v) is 44.4. The van der Waals surface area contributed by atoms with Crippen LogP contribution in [0.15, 0.2) is 176 Å². The summed E-state index contributed by atoms with van der Waals surface area (Å²) in [6, 6.07) is 39.3. The van der Waals surface area contributed by atoms with Crippen LogP contribution >= 0.6 is 0 Å². The van der Waals surface area contributed by atoms with Gasteiger partial charge in [-0.05, 0) is 206 Å². The summed E-state index contributed by atoms with van der Waals surface area (Å²) >= 11 is 0. The van der Waals surface area contributed by atoms with Crippen molar-refractivity contribution in [3.8, 4) is 0 Å². The van der Waals surface area contributed by atoms with Gasteiger partial charge >= 0.3 is 52.4 Å². The molecule has 8 aliphatic rings. The first kappa shape index (κ1) is 85.7. The summed E-state index contributed by atoms with van der Waals surface area (Å²) < 4.78 is 146. The number of hydrogen-bond acceptors (Lipinski definition) is 28. The van der Waals surface area contributed by atoms with Gasteiger partial charge in [-0.15, -0.1) is 0 Å². The molecule has 28 nitrogen and oxygen atoms in total. The summed E-state index contributed by atoms with van der Waals surface area (Å²) in [6.07, 6.45) is 5.88. The third-order valence-electron chi connectivity index (χ3n) is 20.9. The number of hydrogen-bond donors (Lipinski definition) is 6. The highest BCUT2D eigenvalue weighted by atomic mass is 32.2. The molecule has 0 aliphatic carbocycles. The standard InChI is InChI=1S/C22H23BO7S.C22H21BO7S.C19H20BNO6S.C19H18BNO6S/c2*1-14(24)8-15-3-5-21(19(9-15)11-17-6-7-29-22(17)25)31(27,28)13-16-2-4-18-12-30-23(26)20(18)10-16;2*21-16-3-4-18(15(9-16)8-13-5-6-26-19(13)22)28(24,25)11-12-1-2-14-10-27-20(23)17(14)7-12/h2-5,9-10,17,26H,6-8,11-13H2,1H3;2-5,9-11,26H,6-8,12-13H2,1H3;1-4,7,9,13,23H,5-6,8,10-11,21H2;1-4,7-9,23H,5-6,10-11,21H2/b;17-11-;;13-8-. The van der Waals surface area contributed by atoms with Crippen molar-refractivity contribution in [3.05, 3.63) is 235 Å². The smallest absolute Gasteiger partial charge is 0.465 e. The Labute approximate surface area is 683 Å². The van der Waals surface area contributed by atoms with Crippen molar-refractivity contribution in [1.82, 2.24) is 0 Å². The third kappa shape index (κ3) is 20.5. The van der Waals surface area contributed by atoms with E-state index >= 15 is 0 Å². The van der Waals surface area contributed by atoms with Gasteiger partial charge in [0.2, 0.25) is 0 Å². The molecule has 118 heavy (non-hydrogen) atoms. The number of cyclic esters (lactones) is 4. The van der Waals surface area contributed by atoms with E-state index in [9.17, 15) is 82.5 Å². The maximum absolute atomic E-state index is 13.3. The first-order chi connectivity index (χ1) is 56.1. The molecule has 0 radical (unpaired) electrons. The van der Waals surface area contributed by atoms with Gasteiger partial charge in [0.05, 0.1) is 107 Å². The SMILES string of the molecule is CC(=O)Cc1ccc(S(=O)(=O)Cc2ccc3c(c2)B(O)OC3)c(/C=C2/CCOC2=O)c1.CC(=O)Cc1ccc(S(=O)(=O)Cc2ccc3c(c2)B(O)OC3)c(CC2CCOC2=O)c1.Nc1ccc(S(=O)(=O)Cc2ccc3c(c2)B(O)OC3)c(/C=C2/CCOC2=O)c1.Nc1ccc(S(=O)(=O)Cc2ccc3c(c2)B(O)OC3)c(CC2CCOC2=O)c1. The summed E-state index contributed by atoms with van der Waals surface area (Å²) in [7, 11) is -19.1. The lowest BCUT2D eigenvalue weighted by Gasteiger charge is -2.15. The van der Waals surface area contributed by atoms with Gasteiger partial charge in [-0.3, -0.25) is 19.2 Å². The molecule has 0 bridgehead atoms. The number of nitrogens with two attached hydrogens (primary N) is 2. The number of esters is 4. The average Bonchev–Trinajstić information content (AvgIpc) is 1.21. The quantitative estimate of drug-likeness (QED) is 0.0185. The molecule has 16 rings (SSSR count). The van der Waals surface area contributed by atoms with Gasteiger partial charge in [-0.25, -0.2) is 43.3 Å². The van der Waals surface area contributed by atoms with Crippen molar-refractivity contribution in [3.63, 3.8) is 0 Å². The molecule has 4 saturated heterocycles. The van der Waals surface area contributed by atoms with Crippen LogP contribution in [-0.4, -0.2) is 144 Å². The number of ketones is 2. The summed E-state index contributed by atoms with van der Waals surface area (Å²) in [4.78, 5) is 71.0. The predicted molar refractivity (Wildman–Crippen MR) is 435 cm³/mol. The molecular weight excluding hydrogens is 1600 g/mol. The number of Topliss-reactive ketones (excluding diaryl/α,β-unsaturated/α-hetero) is 2. The second-order valence-corrected chi connectivity index (χ2v) is 37.7. The van der Waals surface area contributed by atoms with Crippen LogP contribution in [0.1, 0.15) is 117 Å². The van der Waals surface area contributed by atoms with Gasteiger partial charge in [0, 0.05) is 48.2 Å². The Morgan fingerprint density at radius 1 is 0.390 bits per heavy atom. The topological polar surface area (TPSA) is 446 Å². The zero-order valence-corrected chi connectivity index (χ0v) is 67.4. The molecule has 0 saturated carbocycles. The Bertz CT molecular complexity index is 5900. The van der Waals surface area contributed by atoms with Crippen molar-refractivity contribution < 1.29 is 120 Å². The van der Waals surface area contributed by atoms with Crippen molar-refractivity contribution in [1.29, 1.82) is 0 Å². The average molecular weight is 1680 g/mol. The minimum absolute atomic E-state index is 0.0271. The second kappa shape index (κ2) is 36.2. The van der Waals surface area contributed by atoms with Crippen LogP contribution in [0.2, 0.25) is 0 Å². The first-order valence-electron chi connectivity index (χ1n) is 37.8. The summed E-state index contributed by atoms with van der Waals surface area (Å²) in [5.74, 6) is -3.37. The lowest BCUT2D eigenvalue weighted by Crippen LogP contribution is -2.28. The molecular formula is C82H82B4N2O26S4. The number of fused-ring (bicyclic) bond motifs is 4. The highest BCUT2D eigenvalue weighted by molar-refractivity contribution is 7.91. The Morgan fingerprint density at radius 2 is 0.703 bits per heavy atom. The van der Waals surface area contributed by atoms with Gasteiger partial charge in [0.1, 0.15) is 11.6 Å². The zero-order valence-electron chi connectivity index (χ0n) is 64.2. The lowest BCUT2D eigenvalue weighted by molar-refractivity contribution is -0.142. The molecule has 0 amide bonds. The Hall–Kier alpha value is -10.2. The predicted octanol–water partition coefficient (Wildman–Crippen LogP) is 3.81. The fourth-order valence-electron chi connectivity index (χ4n) is 15.0. The summed E-state index contributed by atoms with van der Waals surface area (Å²) in [6.45, 7) is 5.36. The number of rotatable bonds is 22. The summed E-state index contributed by atoms with van der Waals surface area (Å²) in [5, 5.41) is 39.5. The van der Waals surface area contributed by atoms with E-state index in [1.807, 2.05) is 0 Å². The van der Waals surface area contributed by atoms with Crippen molar-refractivity contribution in [2.45, 2.75) is 134 Å². The van der Waals surface area contributed by atoms with E-state index < -0.39 is 85.7 Å². The lowest BCUT2D eigenvalue weighted by atomic mass is 9.79. The van der Waals surface area contributed by atoms with Crippen molar-refractivity contribution in [2.75, 3.05) is 37.9 Å². The van der Waals surface area contributed by atoms with Crippen molar-refractivity contribution in [2.24, 2.45) is 11.8 Å². The number of carbonyl (C=O) groups is 6. The third-order valence-corrected chi connectivity index (χ3v) is 28.0. The largest absolute Gasteiger partial charge is 0.491 e. The molecule has 2 atom stereocenters. The monoisotopic (exact) mass is 1680 g/mol. The number of anilines is 2. The van der Waals surface area contributed by atoms with E-state index in [0.717, 1.165) is 22.3 Å². The van der Waals surface area contributed by atoms with Gasteiger partial charge < -0.3 is 69.1 Å².